The average molecular weight is 352 g/mol. The predicted octanol–water partition coefficient (Wildman–Crippen LogP) is 6.06. The highest BCUT2D eigenvalue weighted by molar-refractivity contribution is 5.41. The lowest BCUT2D eigenvalue weighted by molar-refractivity contribution is -0.274. The van der Waals surface area contributed by atoms with Crippen LogP contribution in [0.2, 0.25) is 0 Å². The zero-order chi connectivity index (χ0) is 18.6. The molecule has 0 spiro atoms. The van der Waals surface area contributed by atoms with Crippen molar-refractivity contribution in [3.63, 3.8) is 0 Å². The van der Waals surface area contributed by atoms with Crippen molar-refractivity contribution in [2.75, 3.05) is 7.11 Å². The molecule has 0 N–H and O–H groups in total. The van der Waals surface area contributed by atoms with E-state index < -0.39 is 6.36 Å². The predicted molar refractivity (Wildman–Crippen MR) is 92.3 cm³/mol. The lowest BCUT2D eigenvalue weighted by atomic mass is 9.91. The molecule has 0 saturated heterocycles. The van der Waals surface area contributed by atoms with E-state index in [0.29, 0.717) is 17.9 Å². The van der Waals surface area contributed by atoms with Crippen LogP contribution in [0.15, 0.2) is 42.5 Å². The normalized spacial score (nSPS) is 13.0. The zero-order valence-electron chi connectivity index (χ0n) is 14.9. The van der Waals surface area contributed by atoms with Crippen LogP contribution in [0.3, 0.4) is 0 Å². The van der Waals surface area contributed by atoms with Crippen LogP contribution in [0.25, 0.3) is 0 Å². The number of benzene rings is 2. The Hall–Kier alpha value is -2.17. The van der Waals surface area contributed by atoms with Crippen molar-refractivity contribution < 1.29 is 22.6 Å². The molecular weight excluding hydrogens is 329 g/mol. The Kier molecular flexibility index (Phi) is 5.98. The van der Waals surface area contributed by atoms with Gasteiger partial charge in [0.1, 0.15) is 11.5 Å². The van der Waals surface area contributed by atoms with Gasteiger partial charge in [-0.15, -0.1) is 13.2 Å². The summed E-state index contributed by atoms with van der Waals surface area (Å²) in [7, 11) is 1.63. The number of ether oxygens (including phenoxy) is 2. The second-order valence-electron chi connectivity index (χ2n) is 6.42. The largest absolute Gasteiger partial charge is 0.573 e. The van der Waals surface area contributed by atoms with E-state index in [9.17, 15) is 13.2 Å². The average Bonchev–Trinajstić information content (AvgIpc) is 2.53. The highest BCUT2D eigenvalue weighted by atomic mass is 19.4. The van der Waals surface area contributed by atoms with Crippen molar-refractivity contribution >= 4 is 0 Å². The maximum absolute atomic E-state index is 12.6. The number of methoxy groups -OCH3 is 1. The molecule has 0 bridgehead atoms. The van der Waals surface area contributed by atoms with Crippen LogP contribution in [-0.2, 0) is 6.42 Å². The first-order valence-corrected chi connectivity index (χ1v) is 8.22. The summed E-state index contributed by atoms with van der Waals surface area (Å²) in [4.78, 5) is 0. The van der Waals surface area contributed by atoms with Crippen LogP contribution in [0.1, 0.15) is 49.3 Å². The van der Waals surface area contributed by atoms with Gasteiger partial charge in [0.05, 0.1) is 7.11 Å². The Morgan fingerprint density at radius 2 is 1.60 bits per heavy atom. The lowest BCUT2D eigenvalue weighted by Gasteiger charge is -2.19. The molecule has 0 aromatic heterocycles. The minimum Gasteiger partial charge on any atom is -0.496 e. The third-order valence-corrected chi connectivity index (χ3v) is 4.14. The molecular formula is C20H23F3O2. The molecule has 25 heavy (non-hydrogen) atoms. The fourth-order valence-corrected chi connectivity index (χ4v) is 2.93. The fourth-order valence-electron chi connectivity index (χ4n) is 2.93. The minimum absolute atomic E-state index is 0.131. The van der Waals surface area contributed by atoms with Gasteiger partial charge >= 0.3 is 6.36 Å². The summed E-state index contributed by atoms with van der Waals surface area (Å²) >= 11 is 0. The Balaban J connectivity index is 2.24. The molecule has 0 saturated carbocycles. The quantitative estimate of drug-likeness (QED) is 0.629. The third kappa shape index (κ3) is 5.15. The van der Waals surface area contributed by atoms with Crippen molar-refractivity contribution in [1.29, 1.82) is 0 Å². The molecule has 2 rings (SSSR count). The van der Waals surface area contributed by atoms with Gasteiger partial charge < -0.3 is 9.47 Å². The smallest absolute Gasteiger partial charge is 0.496 e. The van der Waals surface area contributed by atoms with Crippen molar-refractivity contribution in [3.05, 3.63) is 59.2 Å². The highest BCUT2D eigenvalue weighted by Gasteiger charge is 2.32. The van der Waals surface area contributed by atoms with Gasteiger partial charge in [0, 0.05) is 0 Å². The molecule has 1 atom stereocenters. The SMILES string of the molecule is COc1cc(CC(C)c2ccccc2OC(F)(F)F)ccc1C(C)C. The molecule has 0 aliphatic rings. The second-order valence-corrected chi connectivity index (χ2v) is 6.42. The number of hydrogen-bond acceptors (Lipinski definition) is 2. The fraction of sp³-hybridized carbons (Fsp3) is 0.400. The summed E-state index contributed by atoms with van der Waals surface area (Å²) in [5, 5.41) is 0. The van der Waals surface area contributed by atoms with Crippen LogP contribution in [-0.4, -0.2) is 13.5 Å². The first-order valence-electron chi connectivity index (χ1n) is 8.22. The minimum atomic E-state index is -4.70. The Morgan fingerprint density at radius 1 is 0.920 bits per heavy atom. The van der Waals surface area contributed by atoms with Crippen molar-refractivity contribution in [1.82, 2.24) is 0 Å². The monoisotopic (exact) mass is 352 g/mol. The molecule has 2 nitrogen and oxygen atoms in total. The van der Waals surface area contributed by atoms with Gasteiger partial charge in [0.15, 0.2) is 0 Å². The van der Waals surface area contributed by atoms with E-state index in [2.05, 4.69) is 18.6 Å². The van der Waals surface area contributed by atoms with Crippen LogP contribution in [0.5, 0.6) is 11.5 Å². The molecule has 5 heteroatoms. The van der Waals surface area contributed by atoms with Crippen LogP contribution >= 0.6 is 0 Å². The van der Waals surface area contributed by atoms with E-state index in [1.54, 1.807) is 19.2 Å². The van der Waals surface area contributed by atoms with Gasteiger partial charge in [-0.3, -0.25) is 0 Å². The highest BCUT2D eigenvalue weighted by Crippen LogP contribution is 2.34. The van der Waals surface area contributed by atoms with E-state index in [0.717, 1.165) is 16.9 Å². The van der Waals surface area contributed by atoms with Crippen molar-refractivity contribution in [3.8, 4) is 11.5 Å². The second kappa shape index (κ2) is 7.81. The van der Waals surface area contributed by atoms with Crippen molar-refractivity contribution in [2.24, 2.45) is 0 Å². The zero-order valence-corrected chi connectivity index (χ0v) is 14.9. The van der Waals surface area contributed by atoms with Gasteiger partial charge in [0.2, 0.25) is 0 Å². The molecule has 136 valence electrons. The summed E-state index contributed by atoms with van der Waals surface area (Å²) in [5.41, 5.74) is 2.65. The number of para-hydroxylation sites is 1. The lowest BCUT2D eigenvalue weighted by Crippen LogP contribution is -2.18. The van der Waals surface area contributed by atoms with E-state index in [4.69, 9.17) is 4.74 Å². The molecule has 2 aromatic carbocycles. The van der Waals surface area contributed by atoms with Crippen molar-refractivity contribution in [2.45, 2.75) is 45.4 Å². The summed E-state index contributed by atoms with van der Waals surface area (Å²) in [6.07, 6.45) is -4.11. The summed E-state index contributed by atoms with van der Waals surface area (Å²) in [5.74, 6) is 0.864. The first-order chi connectivity index (χ1) is 11.7. The maximum atomic E-state index is 12.6. The molecule has 0 amide bonds. The number of halogens is 3. The van der Waals surface area contributed by atoms with E-state index >= 15 is 0 Å². The van der Waals surface area contributed by atoms with Gasteiger partial charge in [-0.2, -0.15) is 0 Å². The standard InChI is InChI=1S/C20H23F3O2/c1-13(2)16-10-9-15(12-19(16)24-4)11-14(3)17-7-5-6-8-18(17)25-20(21,22)23/h5-10,12-14H,11H2,1-4H3. The topological polar surface area (TPSA) is 18.5 Å². The Bertz CT molecular complexity index is 708. The van der Waals surface area contributed by atoms with Gasteiger partial charge in [-0.05, 0) is 47.1 Å². The van der Waals surface area contributed by atoms with Crippen LogP contribution < -0.4 is 9.47 Å². The molecule has 0 radical (unpaired) electrons. The third-order valence-electron chi connectivity index (χ3n) is 4.14. The van der Waals surface area contributed by atoms with Gasteiger partial charge in [-0.1, -0.05) is 51.1 Å². The molecule has 0 fully saturated rings. The van der Waals surface area contributed by atoms with Crippen LogP contribution in [0, 0.1) is 0 Å². The van der Waals surface area contributed by atoms with Crippen LogP contribution in [0.4, 0.5) is 13.2 Å². The summed E-state index contributed by atoms with van der Waals surface area (Å²) < 4.78 is 47.4. The Labute approximate surface area is 146 Å². The number of alkyl halides is 3. The molecule has 0 aliphatic heterocycles. The Morgan fingerprint density at radius 3 is 2.20 bits per heavy atom. The van der Waals surface area contributed by atoms with E-state index in [1.807, 2.05) is 25.1 Å². The number of hydrogen-bond donors (Lipinski definition) is 0. The van der Waals surface area contributed by atoms with E-state index in [-0.39, 0.29) is 11.7 Å². The molecule has 1 unspecified atom stereocenters. The first kappa shape index (κ1) is 19.2. The van der Waals surface area contributed by atoms with Gasteiger partial charge in [-0.25, -0.2) is 0 Å². The summed E-state index contributed by atoms with van der Waals surface area (Å²) in [6.45, 7) is 6.07. The summed E-state index contributed by atoms with van der Waals surface area (Å²) in [6, 6.07) is 12.3. The van der Waals surface area contributed by atoms with E-state index in [1.165, 1.54) is 12.1 Å². The maximum Gasteiger partial charge on any atom is 0.573 e. The number of rotatable bonds is 6. The van der Waals surface area contributed by atoms with Gasteiger partial charge in [0.25, 0.3) is 0 Å². The molecule has 0 aliphatic carbocycles. The molecule has 2 aromatic rings. The molecule has 0 heterocycles.